The lowest BCUT2D eigenvalue weighted by Gasteiger charge is -2.36. The van der Waals surface area contributed by atoms with E-state index in [0.29, 0.717) is 0 Å². The lowest BCUT2D eigenvalue weighted by Crippen LogP contribution is -2.65. The summed E-state index contributed by atoms with van der Waals surface area (Å²) in [5, 5.41) is 11.2. The third-order valence-corrected chi connectivity index (χ3v) is 4.96. The van der Waals surface area contributed by atoms with Crippen molar-refractivity contribution in [1.29, 1.82) is 0 Å². The van der Waals surface area contributed by atoms with Crippen LogP contribution in [0.15, 0.2) is 0 Å². The van der Waals surface area contributed by atoms with Crippen molar-refractivity contribution in [3.8, 4) is 0 Å². The van der Waals surface area contributed by atoms with Gasteiger partial charge < -0.3 is 10.2 Å². The van der Waals surface area contributed by atoms with E-state index in [9.17, 15) is 47.9 Å². The second-order valence-corrected chi connectivity index (χ2v) is 7.49. The van der Waals surface area contributed by atoms with Gasteiger partial charge >= 0.3 is 23.3 Å². The minimum Gasteiger partial charge on any atom is -0.393 e. The molecule has 2 N–H and O–H groups in total. The van der Waals surface area contributed by atoms with Crippen molar-refractivity contribution in [2.75, 3.05) is 13.1 Å². The normalized spacial score (nSPS) is 17.5. The Morgan fingerprint density at radius 1 is 0.846 bits per heavy atom. The summed E-state index contributed by atoms with van der Waals surface area (Å²) >= 11 is 0. The molecule has 0 spiro atoms. The molecule has 2 unspecified atom stereocenters. The molecule has 2 atom stereocenters. The maximum absolute atomic E-state index is 13.7. The van der Waals surface area contributed by atoms with Crippen molar-refractivity contribution >= 4 is 10.0 Å². The van der Waals surface area contributed by atoms with Gasteiger partial charge in [-0.3, -0.25) is 0 Å². The summed E-state index contributed by atoms with van der Waals surface area (Å²) in [5.41, 5.74) is 0. The van der Waals surface area contributed by atoms with Crippen LogP contribution in [0.2, 0.25) is 0 Å². The van der Waals surface area contributed by atoms with E-state index in [1.54, 1.807) is 0 Å². The van der Waals surface area contributed by atoms with E-state index in [4.69, 9.17) is 10.2 Å². The third kappa shape index (κ3) is 4.54. The molecular weight excluding hydrogens is 413 g/mol. The van der Waals surface area contributed by atoms with E-state index in [0.717, 1.165) is 13.8 Å². The molecule has 0 amide bonds. The Kier molecular flexibility index (Phi) is 7.44. The molecule has 5 nitrogen and oxygen atoms in total. The van der Waals surface area contributed by atoms with Gasteiger partial charge in [0.25, 0.3) is 10.0 Å². The van der Waals surface area contributed by atoms with Crippen LogP contribution in [0.4, 0.5) is 39.5 Å². The standard InChI is InChI=1S/C11H16F9NO4S/c1-6(22)3-4-21(5-7(2)23)26(24,25)11(19,20)9(14,15)8(12,13)10(16,17)18/h6-7,22-23H,3-5H2,1-2H3. The summed E-state index contributed by atoms with van der Waals surface area (Å²) in [6, 6.07) is 0. The Morgan fingerprint density at radius 2 is 1.27 bits per heavy atom. The highest BCUT2D eigenvalue weighted by atomic mass is 32.2. The van der Waals surface area contributed by atoms with Crippen molar-refractivity contribution in [2.24, 2.45) is 0 Å². The predicted octanol–water partition coefficient (Wildman–Crippen LogP) is 2.20. The van der Waals surface area contributed by atoms with Gasteiger partial charge in [0.15, 0.2) is 0 Å². The number of aliphatic hydroxyl groups is 2. The number of alkyl halides is 9. The average Bonchev–Trinajstić information content (AvgIpc) is 2.40. The van der Waals surface area contributed by atoms with Gasteiger partial charge in [-0.05, 0) is 20.3 Å². The molecule has 0 aliphatic carbocycles. The Morgan fingerprint density at radius 3 is 1.58 bits per heavy atom. The highest BCUT2D eigenvalue weighted by Crippen LogP contribution is 2.55. The Hall–Kier alpha value is -0.800. The van der Waals surface area contributed by atoms with Crippen LogP contribution in [0.5, 0.6) is 0 Å². The number of rotatable bonds is 9. The molecule has 0 rings (SSSR count). The number of hydrogen-bond acceptors (Lipinski definition) is 4. The van der Waals surface area contributed by atoms with Crippen LogP contribution in [-0.2, 0) is 10.0 Å². The van der Waals surface area contributed by atoms with Crippen molar-refractivity contribution in [3.05, 3.63) is 0 Å². The summed E-state index contributed by atoms with van der Waals surface area (Å²) < 4.78 is 139. The van der Waals surface area contributed by atoms with Crippen LogP contribution in [-0.4, -0.2) is 71.5 Å². The molecule has 0 aromatic rings. The predicted molar refractivity (Wildman–Crippen MR) is 69.4 cm³/mol. The topological polar surface area (TPSA) is 77.8 Å². The fourth-order valence-corrected chi connectivity index (χ4v) is 3.15. The molecule has 158 valence electrons. The van der Waals surface area contributed by atoms with E-state index in [2.05, 4.69) is 0 Å². The maximum atomic E-state index is 13.7. The van der Waals surface area contributed by atoms with Crippen molar-refractivity contribution < 1.29 is 58.1 Å². The van der Waals surface area contributed by atoms with Crippen molar-refractivity contribution in [1.82, 2.24) is 4.31 Å². The van der Waals surface area contributed by atoms with Crippen LogP contribution in [0.3, 0.4) is 0 Å². The Balaban J connectivity index is 6.17. The monoisotopic (exact) mass is 429 g/mol. The summed E-state index contributed by atoms with van der Waals surface area (Å²) in [4.78, 5) is 0. The van der Waals surface area contributed by atoms with E-state index >= 15 is 0 Å². The molecule has 0 fully saturated rings. The van der Waals surface area contributed by atoms with E-state index in [-0.39, 0.29) is 0 Å². The second kappa shape index (κ2) is 7.67. The first-order valence-corrected chi connectivity index (χ1v) is 8.23. The molecule has 0 aliphatic heterocycles. The molecule has 0 saturated carbocycles. The quantitative estimate of drug-likeness (QED) is 0.551. The van der Waals surface area contributed by atoms with E-state index in [1.807, 2.05) is 0 Å². The van der Waals surface area contributed by atoms with Gasteiger partial charge in [-0.15, -0.1) is 0 Å². The molecule has 0 bridgehead atoms. The zero-order valence-corrected chi connectivity index (χ0v) is 14.1. The highest BCUT2D eigenvalue weighted by Gasteiger charge is 2.85. The average molecular weight is 429 g/mol. The molecule has 0 aromatic heterocycles. The number of aliphatic hydroxyl groups excluding tert-OH is 2. The third-order valence-electron chi connectivity index (χ3n) is 3.04. The lowest BCUT2D eigenvalue weighted by atomic mass is 10.1. The van der Waals surface area contributed by atoms with Gasteiger partial charge in [-0.25, -0.2) is 8.42 Å². The first-order chi connectivity index (χ1) is 11.2. The van der Waals surface area contributed by atoms with Crippen LogP contribution in [0.1, 0.15) is 20.3 Å². The van der Waals surface area contributed by atoms with E-state index < -0.39 is 69.3 Å². The summed E-state index contributed by atoms with van der Waals surface area (Å²) in [6.45, 7) is -0.588. The van der Waals surface area contributed by atoms with Crippen LogP contribution in [0, 0.1) is 0 Å². The number of halogens is 9. The largest absolute Gasteiger partial charge is 0.460 e. The lowest BCUT2D eigenvalue weighted by molar-refractivity contribution is -0.382. The summed E-state index contributed by atoms with van der Waals surface area (Å²) in [6.07, 6.45) is -10.9. The van der Waals surface area contributed by atoms with Gasteiger partial charge in [0, 0.05) is 13.1 Å². The second-order valence-electron chi connectivity index (χ2n) is 5.51. The summed E-state index contributed by atoms with van der Waals surface area (Å²) in [5.74, 6) is -14.7. The van der Waals surface area contributed by atoms with E-state index in [1.165, 1.54) is 0 Å². The molecule has 15 heteroatoms. The fourth-order valence-electron chi connectivity index (χ4n) is 1.62. The number of hydrogen-bond donors (Lipinski definition) is 2. The zero-order chi connectivity index (χ0) is 21.4. The highest BCUT2D eigenvalue weighted by molar-refractivity contribution is 7.90. The van der Waals surface area contributed by atoms with Gasteiger partial charge in [0.2, 0.25) is 0 Å². The summed E-state index contributed by atoms with van der Waals surface area (Å²) in [7, 11) is -6.79. The van der Waals surface area contributed by atoms with Crippen molar-refractivity contribution in [2.45, 2.75) is 55.8 Å². The van der Waals surface area contributed by atoms with Crippen LogP contribution < -0.4 is 0 Å². The molecule has 0 saturated heterocycles. The van der Waals surface area contributed by atoms with Gasteiger partial charge in [0.1, 0.15) is 0 Å². The van der Waals surface area contributed by atoms with Crippen molar-refractivity contribution in [3.63, 3.8) is 0 Å². The van der Waals surface area contributed by atoms with Crippen LogP contribution in [0.25, 0.3) is 0 Å². The van der Waals surface area contributed by atoms with Gasteiger partial charge in [-0.2, -0.15) is 43.8 Å². The maximum Gasteiger partial charge on any atom is 0.460 e. The number of sulfonamides is 1. The molecule has 0 aliphatic rings. The Labute approximate surface area is 142 Å². The fraction of sp³-hybridized carbons (Fsp3) is 1.00. The molecule has 0 aromatic carbocycles. The first-order valence-electron chi connectivity index (χ1n) is 6.79. The number of nitrogens with zero attached hydrogens (tertiary/aromatic N) is 1. The van der Waals surface area contributed by atoms with Crippen LogP contribution >= 0.6 is 0 Å². The Bertz CT molecular complexity index is 575. The first kappa shape index (κ1) is 25.2. The van der Waals surface area contributed by atoms with Gasteiger partial charge in [-0.1, -0.05) is 0 Å². The molecular formula is C11H16F9NO4S. The van der Waals surface area contributed by atoms with Gasteiger partial charge in [0.05, 0.1) is 12.2 Å². The molecule has 26 heavy (non-hydrogen) atoms. The zero-order valence-electron chi connectivity index (χ0n) is 13.2. The smallest absolute Gasteiger partial charge is 0.393 e. The minimum absolute atomic E-state index is 0.579. The molecule has 0 radical (unpaired) electrons. The SMILES string of the molecule is CC(O)CCN(CC(C)O)S(=O)(=O)C(F)(F)C(F)(F)C(F)(F)C(F)(F)F. The minimum atomic E-state index is -7.36. The molecule has 0 heterocycles.